The zero-order valence-electron chi connectivity index (χ0n) is 13.7. The van der Waals surface area contributed by atoms with Gasteiger partial charge in [-0.3, -0.25) is 4.79 Å². The number of thioether (sulfide) groups is 1. The molecular weight excluding hydrogens is 357 g/mol. The predicted molar refractivity (Wildman–Crippen MR) is 103 cm³/mol. The molecule has 0 aliphatic carbocycles. The minimum absolute atomic E-state index is 0.194. The van der Waals surface area contributed by atoms with Crippen LogP contribution < -0.4 is 10.6 Å². The Bertz CT molecular complexity index is 894. The molecule has 0 spiro atoms. The van der Waals surface area contributed by atoms with Crippen molar-refractivity contribution in [1.82, 2.24) is 4.98 Å². The zero-order valence-corrected chi connectivity index (χ0v) is 15.3. The van der Waals surface area contributed by atoms with E-state index in [-0.39, 0.29) is 11.7 Å². The molecule has 3 rings (SSSR count). The summed E-state index contributed by atoms with van der Waals surface area (Å²) in [6.07, 6.45) is 1.99. The van der Waals surface area contributed by atoms with E-state index < -0.39 is 0 Å². The summed E-state index contributed by atoms with van der Waals surface area (Å²) in [6, 6.07) is 13.7. The average Bonchev–Trinajstić information content (AvgIpc) is 2.97. The second-order valence-corrected chi connectivity index (χ2v) is 7.13. The monoisotopic (exact) mass is 373 g/mol. The number of nitrogens with zero attached hydrogens (tertiary/aromatic N) is 1. The van der Waals surface area contributed by atoms with Gasteiger partial charge < -0.3 is 10.6 Å². The van der Waals surface area contributed by atoms with Crippen LogP contribution in [0.4, 0.5) is 20.9 Å². The molecule has 0 radical (unpaired) electrons. The molecule has 0 bridgehead atoms. The summed E-state index contributed by atoms with van der Waals surface area (Å²) >= 11 is 2.88. The van der Waals surface area contributed by atoms with Crippen LogP contribution >= 0.6 is 23.1 Å². The minimum atomic E-state index is -0.298. The Morgan fingerprint density at radius 1 is 1.16 bits per heavy atom. The van der Waals surface area contributed by atoms with Gasteiger partial charge in [-0.15, -0.1) is 11.8 Å². The van der Waals surface area contributed by atoms with Gasteiger partial charge in [0.05, 0.1) is 5.69 Å². The van der Waals surface area contributed by atoms with Gasteiger partial charge in [0.25, 0.3) is 5.91 Å². The highest BCUT2D eigenvalue weighted by molar-refractivity contribution is 7.98. The first-order chi connectivity index (χ1) is 12.0. The van der Waals surface area contributed by atoms with Crippen LogP contribution in [0.5, 0.6) is 0 Å². The van der Waals surface area contributed by atoms with Gasteiger partial charge >= 0.3 is 0 Å². The lowest BCUT2D eigenvalue weighted by Crippen LogP contribution is -2.11. The maximum Gasteiger partial charge on any atom is 0.267 e. The number of rotatable bonds is 5. The van der Waals surface area contributed by atoms with Crippen molar-refractivity contribution in [2.75, 3.05) is 16.9 Å². The van der Waals surface area contributed by atoms with Gasteiger partial charge in [0.2, 0.25) is 0 Å². The first-order valence-electron chi connectivity index (χ1n) is 7.50. The Morgan fingerprint density at radius 3 is 2.64 bits per heavy atom. The van der Waals surface area contributed by atoms with E-state index >= 15 is 0 Å². The highest BCUT2D eigenvalue weighted by atomic mass is 32.2. The Morgan fingerprint density at radius 2 is 1.92 bits per heavy atom. The SMILES string of the molecule is CSc1cccc(NC(=O)c2sc(Nc3ccc(F)cc3)nc2C)c1. The van der Waals surface area contributed by atoms with E-state index in [0.717, 1.165) is 16.3 Å². The van der Waals surface area contributed by atoms with Gasteiger partial charge in [-0.25, -0.2) is 9.37 Å². The molecule has 0 aliphatic rings. The fraction of sp³-hybridized carbons (Fsp3) is 0.111. The van der Waals surface area contributed by atoms with Crippen LogP contribution in [0.15, 0.2) is 53.4 Å². The number of carbonyl (C=O) groups is 1. The van der Waals surface area contributed by atoms with Crippen LogP contribution in [0, 0.1) is 12.7 Å². The van der Waals surface area contributed by atoms with E-state index in [1.807, 2.05) is 30.5 Å². The summed E-state index contributed by atoms with van der Waals surface area (Å²) < 4.78 is 13.0. The number of hydrogen-bond donors (Lipinski definition) is 2. The van der Waals surface area contributed by atoms with Gasteiger partial charge in [-0.2, -0.15) is 0 Å². The average molecular weight is 373 g/mol. The number of aromatic nitrogens is 1. The summed E-state index contributed by atoms with van der Waals surface area (Å²) in [4.78, 5) is 18.5. The molecule has 3 aromatic rings. The molecule has 1 aromatic heterocycles. The molecule has 0 atom stereocenters. The van der Waals surface area contributed by atoms with E-state index in [1.54, 1.807) is 30.8 Å². The first kappa shape index (κ1) is 17.4. The zero-order chi connectivity index (χ0) is 17.8. The lowest BCUT2D eigenvalue weighted by molar-refractivity contribution is 0.103. The smallest absolute Gasteiger partial charge is 0.267 e. The Hall–Kier alpha value is -2.38. The van der Waals surface area contributed by atoms with Crippen molar-refractivity contribution >= 4 is 45.5 Å². The van der Waals surface area contributed by atoms with Crippen molar-refractivity contribution < 1.29 is 9.18 Å². The maximum absolute atomic E-state index is 13.0. The van der Waals surface area contributed by atoms with Gasteiger partial charge in [0.1, 0.15) is 10.7 Å². The normalized spacial score (nSPS) is 10.5. The molecule has 0 aliphatic heterocycles. The molecule has 2 aromatic carbocycles. The third-order valence-electron chi connectivity index (χ3n) is 3.43. The summed E-state index contributed by atoms with van der Waals surface area (Å²) in [7, 11) is 0. The number of aryl methyl sites for hydroxylation is 1. The molecule has 25 heavy (non-hydrogen) atoms. The molecule has 2 N–H and O–H groups in total. The summed E-state index contributed by atoms with van der Waals surface area (Å²) in [5.74, 6) is -0.492. The van der Waals surface area contributed by atoms with Crippen LogP contribution in [-0.2, 0) is 0 Å². The van der Waals surface area contributed by atoms with Gasteiger partial charge in [-0.1, -0.05) is 17.4 Å². The third kappa shape index (κ3) is 4.37. The highest BCUT2D eigenvalue weighted by Gasteiger charge is 2.16. The molecule has 0 unspecified atom stereocenters. The molecule has 0 saturated carbocycles. The lowest BCUT2D eigenvalue weighted by atomic mass is 10.3. The number of hydrogen-bond acceptors (Lipinski definition) is 5. The summed E-state index contributed by atoms with van der Waals surface area (Å²) in [5.41, 5.74) is 2.11. The highest BCUT2D eigenvalue weighted by Crippen LogP contribution is 2.27. The largest absolute Gasteiger partial charge is 0.332 e. The van der Waals surface area contributed by atoms with E-state index in [4.69, 9.17) is 0 Å². The van der Waals surface area contributed by atoms with Crippen LogP contribution in [0.25, 0.3) is 0 Å². The van der Waals surface area contributed by atoms with Crippen molar-refractivity contribution in [3.05, 3.63) is 64.9 Å². The van der Waals surface area contributed by atoms with E-state index in [0.29, 0.717) is 15.7 Å². The Labute approximate surface area is 153 Å². The summed E-state index contributed by atoms with van der Waals surface area (Å²) in [5, 5.41) is 6.58. The third-order valence-corrected chi connectivity index (χ3v) is 5.22. The lowest BCUT2D eigenvalue weighted by Gasteiger charge is -2.05. The predicted octanol–water partition coefficient (Wildman–Crippen LogP) is 5.31. The van der Waals surface area contributed by atoms with Gasteiger partial charge in [0, 0.05) is 16.3 Å². The van der Waals surface area contributed by atoms with Crippen LogP contribution in [0.2, 0.25) is 0 Å². The standard InChI is InChI=1S/C18H16FN3OS2/c1-11-16(17(23)21-14-4-3-5-15(10-14)24-2)25-18(20-11)22-13-8-6-12(19)7-9-13/h3-10H,1-2H3,(H,20,22)(H,21,23). The number of benzene rings is 2. The molecule has 0 fully saturated rings. The van der Waals surface area contributed by atoms with Crippen molar-refractivity contribution in [2.45, 2.75) is 11.8 Å². The molecule has 7 heteroatoms. The molecule has 1 heterocycles. The fourth-order valence-corrected chi connectivity index (χ4v) is 3.55. The molecule has 0 saturated heterocycles. The van der Waals surface area contributed by atoms with Crippen molar-refractivity contribution in [3.8, 4) is 0 Å². The molecule has 128 valence electrons. The Balaban J connectivity index is 1.74. The molecule has 1 amide bonds. The topological polar surface area (TPSA) is 54.0 Å². The number of carbonyl (C=O) groups excluding carboxylic acids is 1. The second kappa shape index (κ2) is 7.67. The van der Waals surface area contributed by atoms with Crippen molar-refractivity contribution in [1.29, 1.82) is 0 Å². The maximum atomic E-state index is 13.0. The Kier molecular flexibility index (Phi) is 5.35. The molecular formula is C18H16FN3OS2. The summed E-state index contributed by atoms with van der Waals surface area (Å²) in [6.45, 7) is 1.79. The number of amides is 1. The first-order valence-corrected chi connectivity index (χ1v) is 9.54. The van der Waals surface area contributed by atoms with Crippen LogP contribution in [0.3, 0.4) is 0 Å². The number of nitrogens with one attached hydrogen (secondary N) is 2. The van der Waals surface area contributed by atoms with Crippen LogP contribution in [0.1, 0.15) is 15.4 Å². The van der Waals surface area contributed by atoms with Gasteiger partial charge in [-0.05, 0) is 55.6 Å². The second-order valence-electron chi connectivity index (χ2n) is 5.25. The van der Waals surface area contributed by atoms with E-state index in [9.17, 15) is 9.18 Å². The van der Waals surface area contributed by atoms with E-state index in [1.165, 1.54) is 23.5 Å². The van der Waals surface area contributed by atoms with Crippen molar-refractivity contribution in [2.24, 2.45) is 0 Å². The van der Waals surface area contributed by atoms with Crippen molar-refractivity contribution in [3.63, 3.8) is 0 Å². The van der Waals surface area contributed by atoms with Crippen LogP contribution in [-0.4, -0.2) is 17.1 Å². The number of thiazole rings is 1. The fourth-order valence-electron chi connectivity index (χ4n) is 2.21. The minimum Gasteiger partial charge on any atom is -0.332 e. The quantitative estimate of drug-likeness (QED) is 0.595. The molecule has 4 nitrogen and oxygen atoms in total. The van der Waals surface area contributed by atoms with E-state index in [2.05, 4.69) is 15.6 Å². The number of halogens is 1. The van der Waals surface area contributed by atoms with Gasteiger partial charge in [0.15, 0.2) is 5.13 Å². The number of anilines is 3.